The average molecular weight is 405 g/mol. The third kappa shape index (κ3) is 3.68. The summed E-state index contributed by atoms with van der Waals surface area (Å²) in [4.78, 5) is 19.3. The minimum atomic E-state index is -5.92. The Morgan fingerprint density at radius 1 is 1.44 bits per heavy atom. The van der Waals surface area contributed by atoms with Crippen molar-refractivity contribution in [2.24, 2.45) is 0 Å². The van der Waals surface area contributed by atoms with Crippen LogP contribution < -0.4 is 4.72 Å². The molecule has 2 heterocycles. The van der Waals surface area contributed by atoms with Crippen LogP contribution in [-0.2, 0) is 10.0 Å². The first-order valence-corrected chi connectivity index (χ1v) is 8.50. The van der Waals surface area contributed by atoms with Gasteiger partial charge in [-0.15, -0.1) is 0 Å². The van der Waals surface area contributed by atoms with Gasteiger partial charge in [0.15, 0.2) is 5.82 Å². The van der Waals surface area contributed by atoms with Gasteiger partial charge in [-0.2, -0.15) is 0 Å². The molecule has 6 nitrogen and oxygen atoms in total. The molecule has 27 heavy (non-hydrogen) atoms. The summed E-state index contributed by atoms with van der Waals surface area (Å²) in [5.74, 6) is -6.20. The number of H-pyrrole nitrogens is 1. The molecule has 0 aliphatic carbocycles. The first-order chi connectivity index (χ1) is 17.5. The number of nitrogens with zero attached hydrogens (tertiary/aromatic N) is 1. The Labute approximate surface area is 171 Å². The molecule has 0 saturated heterocycles. The number of hydrogen-bond donors (Lipinski definition) is 2. The largest absolute Gasteiger partial charge is 0.346 e. The molecule has 2 aliphatic heterocycles. The molecule has 2 aliphatic rings. The van der Waals surface area contributed by atoms with Crippen LogP contribution in [0.15, 0.2) is 30.5 Å². The monoisotopic (exact) mass is 405 g/mol. The predicted octanol–water partition coefficient (Wildman–Crippen LogP) is 3.48. The van der Waals surface area contributed by atoms with Crippen molar-refractivity contribution in [3.63, 3.8) is 0 Å². The van der Waals surface area contributed by atoms with E-state index in [1.165, 1.54) is 6.92 Å². The number of aromatic nitrogens is 2. The van der Waals surface area contributed by atoms with E-state index in [1.54, 1.807) is 0 Å². The van der Waals surface area contributed by atoms with Gasteiger partial charge in [-0.3, -0.25) is 9.52 Å². The zero-order valence-corrected chi connectivity index (χ0v) is 14.2. The number of carbonyl (C=O) groups excluding carboxylic acids is 1. The molecular formula is C18H17F2N3O3S. The SMILES string of the molecule is [2H]c1nc2[nH]c([2H])c(C)c([2H])c-2c1C(=O)c1c(F)c([2H])c([2H])c(NS(=O)(=O)C([2H])([2H])C([2H])([2H])C([2H])([2H])[2H])c1F. The molecule has 1 aromatic carbocycles. The quantitative estimate of drug-likeness (QED) is 0.614. The highest BCUT2D eigenvalue weighted by molar-refractivity contribution is 7.92. The highest BCUT2D eigenvalue weighted by Crippen LogP contribution is 2.30. The van der Waals surface area contributed by atoms with Gasteiger partial charge < -0.3 is 4.98 Å². The molecule has 0 saturated carbocycles. The third-order valence-electron chi connectivity index (χ3n) is 3.28. The summed E-state index contributed by atoms with van der Waals surface area (Å²) in [6, 6.07) is -3.61. The Morgan fingerprint density at radius 3 is 2.96 bits per heavy atom. The Bertz CT molecular complexity index is 1610. The summed E-state index contributed by atoms with van der Waals surface area (Å²) < 4.78 is 148. The van der Waals surface area contributed by atoms with Crippen molar-refractivity contribution in [2.45, 2.75) is 20.1 Å². The second-order valence-corrected chi connectivity index (χ2v) is 6.53. The number of fused-ring (bicyclic) bond motifs is 1. The number of anilines is 1. The molecule has 0 radical (unpaired) electrons. The van der Waals surface area contributed by atoms with E-state index in [1.807, 2.05) is 0 Å². The molecule has 0 bridgehead atoms. The number of halogens is 2. The average Bonchev–Trinajstić information content (AvgIpc) is 3.13. The Balaban J connectivity index is 2.27. The number of rotatable bonds is 6. The maximum absolute atomic E-state index is 15.6. The van der Waals surface area contributed by atoms with Gasteiger partial charge in [-0.05, 0) is 37.0 Å². The predicted molar refractivity (Wildman–Crippen MR) is 97.4 cm³/mol. The summed E-state index contributed by atoms with van der Waals surface area (Å²) >= 11 is 0. The number of carbonyl (C=O) groups is 1. The molecule has 0 atom stereocenters. The first-order valence-electron chi connectivity index (χ1n) is 13.0. The van der Waals surface area contributed by atoms with Crippen molar-refractivity contribution >= 4 is 21.5 Å². The highest BCUT2D eigenvalue weighted by Gasteiger charge is 2.27. The molecule has 0 fully saturated rings. The number of hydrogen-bond acceptors (Lipinski definition) is 4. The van der Waals surface area contributed by atoms with E-state index in [4.69, 9.17) is 16.4 Å². The fourth-order valence-corrected chi connectivity index (χ4v) is 2.76. The fourth-order valence-electron chi connectivity index (χ4n) is 2.17. The number of sulfonamides is 1. The molecular weight excluding hydrogens is 376 g/mol. The fraction of sp³-hybridized carbons (Fsp3) is 0.222. The number of pyridine rings is 1. The van der Waals surface area contributed by atoms with Crippen molar-refractivity contribution in [3.8, 4) is 11.4 Å². The van der Waals surface area contributed by atoms with Crippen molar-refractivity contribution in [2.75, 3.05) is 10.4 Å². The minimum Gasteiger partial charge on any atom is -0.346 e. The second-order valence-electron chi connectivity index (χ2n) is 5.11. The number of nitrogens with one attached hydrogen (secondary N) is 2. The Hall–Kier alpha value is -2.81. The lowest BCUT2D eigenvalue weighted by atomic mass is 9.99. The molecule has 2 N–H and O–H groups in total. The van der Waals surface area contributed by atoms with Crippen LogP contribution in [0.5, 0.6) is 0 Å². The van der Waals surface area contributed by atoms with E-state index in [-0.39, 0.29) is 17.6 Å². The zero-order chi connectivity index (χ0) is 30.2. The lowest BCUT2D eigenvalue weighted by Gasteiger charge is -2.11. The van der Waals surface area contributed by atoms with Gasteiger partial charge >= 0.3 is 0 Å². The second kappa shape index (κ2) is 7.07. The van der Waals surface area contributed by atoms with E-state index < -0.39 is 93.0 Å². The Kier molecular flexibility index (Phi) is 2.34. The molecule has 0 unspecified atom stereocenters. The normalized spacial score (nSPS) is 19.7. The molecule has 9 heteroatoms. The van der Waals surface area contributed by atoms with Crippen molar-refractivity contribution < 1.29 is 38.4 Å². The molecule has 0 spiro atoms. The van der Waals surface area contributed by atoms with Gasteiger partial charge in [0.2, 0.25) is 15.8 Å². The summed E-state index contributed by atoms with van der Waals surface area (Å²) in [5, 5.41) is 0. The summed E-state index contributed by atoms with van der Waals surface area (Å²) in [7, 11) is -5.92. The molecule has 142 valence electrons. The lowest BCUT2D eigenvalue weighted by molar-refractivity contribution is 0.103. The molecule has 3 rings (SSSR count). The third-order valence-corrected chi connectivity index (χ3v) is 4.12. The minimum absolute atomic E-state index is 0.0354. The number of benzene rings is 1. The smallest absolute Gasteiger partial charge is 0.232 e. The van der Waals surface area contributed by atoms with E-state index >= 15 is 8.78 Å². The number of ketones is 1. The van der Waals surface area contributed by atoms with Crippen LogP contribution in [0.2, 0.25) is 0 Å². The lowest BCUT2D eigenvalue weighted by Crippen LogP contribution is -2.18. The maximum Gasteiger partial charge on any atom is 0.232 e. The number of aromatic amines is 1. The Morgan fingerprint density at radius 2 is 2.22 bits per heavy atom. The molecule has 0 amide bonds. The topological polar surface area (TPSA) is 91.9 Å². The molecule has 0 aromatic heterocycles. The van der Waals surface area contributed by atoms with Crippen LogP contribution >= 0.6 is 0 Å². The first kappa shape index (κ1) is 8.92. The van der Waals surface area contributed by atoms with E-state index in [2.05, 4.69) is 9.97 Å². The standard InChI is InChI=1S/C18H17F2N3O3S/c1-3-6-27(25,26)23-14-5-4-13(19)15(16(14)20)17(24)12-9-22-18-11(12)7-10(2)8-21-18/h4-5,7-9,23H,3,6H2,1-2H3,(H,21,22)/i1D3,3D2,4D,5D,6D2,7D,8D,9D. The van der Waals surface area contributed by atoms with Crippen LogP contribution in [0.1, 0.15) is 51.2 Å². The highest BCUT2D eigenvalue weighted by atomic mass is 32.2. The van der Waals surface area contributed by atoms with Crippen molar-refractivity contribution in [1.82, 2.24) is 9.97 Å². The summed E-state index contributed by atoms with van der Waals surface area (Å²) in [5.41, 5.74) is -9.01. The van der Waals surface area contributed by atoms with E-state index in [0.29, 0.717) is 0 Å². The van der Waals surface area contributed by atoms with Crippen LogP contribution in [0.4, 0.5) is 14.5 Å². The summed E-state index contributed by atoms with van der Waals surface area (Å²) in [6.07, 6.45) is -5.31. The van der Waals surface area contributed by atoms with Crippen molar-refractivity contribution in [3.05, 3.63) is 58.8 Å². The van der Waals surface area contributed by atoms with Gasteiger partial charge in [-0.25, -0.2) is 22.2 Å². The van der Waals surface area contributed by atoms with Crippen LogP contribution in [0.3, 0.4) is 0 Å². The van der Waals surface area contributed by atoms with Gasteiger partial charge in [0.05, 0.1) is 29.4 Å². The van der Waals surface area contributed by atoms with Crippen LogP contribution in [0.25, 0.3) is 11.4 Å². The zero-order valence-electron chi connectivity index (χ0n) is 25.3. The van der Waals surface area contributed by atoms with Gasteiger partial charge in [-0.1, -0.05) is 6.85 Å². The van der Waals surface area contributed by atoms with Crippen molar-refractivity contribution in [1.29, 1.82) is 0 Å². The maximum atomic E-state index is 15.6. The van der Waals surface area contributed by atoms with Gasteiger partial charge in [0.1, 0.15) is 11.6 Å². The van der Waals surface area contributed by atoms with Crippen LogP contribution in [0, 0.1) is 18.6 Å². The van der Waals surface area contributed by atoms with Gasteiger partial charge in [0, 0.05) is 27.5 Å². The summed E-state index contributed by atoms with van der Waals surface area (Å²) in [6.45, 7) is -2.56. The van der Waals surface area contributed by atoms with Gasteiger partial charge in [0.25, 0.3) is 0 Å². The molecule has 1 aromatic rings. The van der Waals surface area contributed by atoms with Crippen LogP contribution in [-0.4, -0.2) is 29.9 Å². The van der Waals surface area contributed by atoms with E-state index in [0.717, 1.165) is 4.72 Å². The van der Waals surface area contributed by atoms with E-state index in [9.17, 15) is 13.2 Å².